The van der Waals surface area contributed by atoms with Crippen molar-refractivity contribution in [2.75, 3.05) is 0 Å². The minimum Gasteiger partial charge on any atom is -0.392 e. The molecule has 5 heteroatoms. The van der Waals surface area contributed by atoms with Crippen molar-refractivity contribution in [2.45, 2.75) is 16.4 Å². The van der Waals surface area contributed by atoms with Crippen molar-refractivity contribution in [1.82, 2.24) is 0 Å². The molecular weight excluding hydrogens is 278 g/mol. The Labute approximate surface area is 112 Å². The number of hydrogen-bond donors (Lipinski definition) is 1. The van der Waals surface area contributed by atoms with Crippen LogP contribution in [0.15, 0.2) is 46.2 Å². The van der Waals surface area contributed by atoms with E-state index in [4.69, 9.17) is 16.7 Å². The van der Waals surface area contributed by atoms with Crippen LogP contribution in [-0.2, 0) is 6.61 Å². The molecule has 0 saturated heterocycles. The monoisotopic (exact) mass is 286 g/mol. The first-order chi connectivity index (χ1) is 8.60. The number of hydrogen-bond acceptors (Lipinski definition) is 2. The smallest absolute Gasteiger partial charge is 0.159 e. The molecule has 0 aliphatic rings. The lowest BCUT2D eigenvalue weighted by molar-refractivity contribution is 0.282. The van der Waals surface area contributed by atoms with Crippen LogP contribution in [0.3, 0.4) is 0 Å². The Bertz CT molecular complexity index is 575. The lowest BCUT2D eigenvalue weighted by atomic mass is 10.2. The summed E-state index contributed by atoms with van der Waals surface area (Å²) in [5.41, 5.74) is 0.631. The van der Waals surface area contributed by atoms with E-state index in [0.717, 1.165) is 17.0 Å². The van der Waals surface area contributed by atoms with Gasteiger partial charge in [0.2, 0.25) is 0 Å². The Morgan fingerprint density at radius 3 is 2.28 bits per heavy atom. The highest BCUT2D eigenvalue weighted by molar-refractivity contribution is 7.99. The highest BCUT2D eigenvalue weighted by atomic mass is 35.5. The van der Waals surface area contributed by atoms with E-state index in [9.17, 15) is 8.78 Å². The quantitative estimate of drug-likeness (QED) is 0.910. The van der Waals surface area contributed by atoms with Crippen LogP contribution in [0.5, 0.6) is 0 Å². The number of aliphatic hydroxyl groups is 1. The van der Waals surface area contributed by atoms with Crippen molar-refractivity contribution >= 4 is 23.4 Å². The summed E-state index contributed by atoms with van der Waals surface area (Å²) in [5, 5.41) is 9.43. The largest absolute Gasteiger partial charge is 0.392 e. The summed E-state index contributed by atoms with van der Waals surface area (Å²) in [6.45, 7) is -0.130. The molecule has 0 fully saturated rings. The fourth-order valence-electron chi connectivity index (χ4n) is 1.40. The van der Waals surface area contributed by atoms with Gasteiger partial charge in [0, 0.05) is 14.8 Å². The van der Waals surface area contributed by atoms with Crippen molar-refractivity contribution in [1.29, 1.82) is 0 Å². The molecule has 0 heterocycles. The average molecular weight is 287 g/mol. The maximum atomic E-state index is 13.0. The predicted molar refractivity (Wildman–Crippen MR) is 67.9 cm³/mol. The van der Waals surface area contributed by atoms with Crippen molar-refractivity contribution in [3.05, 3.63) is 58.6 Å². The van der Waals surface area contributed by atoms with Crippen LogP contribution in [-0.4, -0.2) is 5.11 Å². The molecule has 0 amide bonds. The van der Waals surface area contributed by atoms with Gasteiger partial charge < -0.3 is 5.11 Å². The second-order valence-corrected chi connectivity index (χ2v) is 5.14. The van der Waals surface area contributed by atoms with Gasteiger partial charge in [0.25, 0.3) is 0 Å². The van der Waals surface area contributed by atoms with Gasteiger partial charge in [-0.05, 0) is 35.9 Å². The molecule has 1 nitrogen and oxygen atoms in total. The first-order valence-electron chi connectivity index (χ1n) is 5.12. The van der Waals surface area contributed by atoms with Crippen molar-refractivity contribution in [3.8, 4) is 0 Å². The van der Waals surface area contributed by atoms with Crippen LogP contribution < -0.4 is 0 Å². The van der Waals surface area contributed by atoms with Gasteiger partial charge in [0.1, 0.15) is 0 Å². The van der Waals surface area contributed by atoms with Gasteiger partial charge in [-0.1, -0.05) is 29.4 Å². The minimum absolute atomic E-state index is 0.130. The number of aliphatic hydroxyl groups excluding tert-OH is 1. The SMILES string of the molecule is OCc1ccc(Sc2ccc(F)c(F)c2)cc1Cl. The molecule has 2 rings (SSSR count). The average Bonchev–Trinajstić information content (AvgIpc) is 2.34. The Kier molecular flexibility index (Phi) is 4.22. The van der Waals surface area contributed by atoms with E-state index in [1.807, 2.05) is 0 Å². The van der Waals surface area contributed by atoms with Gasteiger partial charge >= 0.3 is 0 Å². The zero-order valence-corrected chi connectivity index (χ0v) is 10.7. The topological polar surface area (TPSA) is 20.2 Å². The molecule has 0 bridgehead atoms. The molecule has 0 saturated carbocycles. The minimum atomic E-state index is -0.877. The van der Waals surface area contributed by atoms with Gasteiger partial charge in [-0.2, -0.15) is 0 Å². The second-order valence-electron chi connectivity index (χ2n) is 3.59. The zero-order chi connectivity index (χ0) is 13.1. The Balaban J connectivity index is 2.23. The molecule has 0 aliphatic heterocycles. The van der Waals surface area contributed by atoms with Crippen LogP contribution in [0.2, 0.25) is 5.02 Å². The summed E-state index contributed by atoms with van der Waals surface area (Å²) in [6.07, 6.45) is 0. The van der Waals surface area contributed by atoms with E-state index in [2.05, 4.69) is 0 Å². The van der Waals surface area contributed by atoms with E-state index in [-0.39, 0.29) is 6.61 Å². The van der Waals surface area contributed by atoms with E-state index in [1.165, 1.54) is 17.8 Å². The zero-order valence-electron chi connectivity index (χ0n) is 9.16. The summed E-state index contributed by atoms with van der Waals surface area (Å²) in [6, 6.07) is 8.86. The van der Waals surface area contributed by atoms with Crippen LogP contribution in [0.25, 0.3) is 0 Å². The molecule has 0 aliphatic carbocycles. The lowest BCUT2D eigenvalue weighted by Gasteiger charge is -2.05. The van der Waals surface area contributed by atoms with Gasteiger partial charge in [0.15, 0.2) is 11.6 Å². The number of rotatable bonds is 3. The van der Waals surface area contributed by atoms with Crippen molar-refractivity contribution in [2.24, 2.45) is 0 Å². The lowest BCUT2D eigenvalue weighted by Crippen LogP contribution is -1.86. The van der Waals surface area contributed by atoms with Crippen molar-refractivity contribution < 1.29 is 13.9 Å². The van der Waals surface area contributed by atoms with Crippen LogP contribution >= 0.6 is 23.4 Å². The molecular formula is C13H9ClF2OS. The molecule has 1 N–H and O–H groups in total. The van der Waals surface area contributed by atoms with Crippen LogP contribution in [0.1, 0.15) is 5.56 Å². The summed E-state index contributed by atoms with van der Waals surface area (Å²) >= 11 is 7.22. The molecule has 0 unspecified atom stereocenters. The van der Waals surface area contributed by atoms with Gasteiger partial charge in [-0.3, -0.25) is 0 Å². The maximum absolute atomic E-state index is 13.0. The third-order valence-corrected chi connectivity index (χ3v) is 3.65. The summed E-state index contributed by atoms with van der Waals surface area (Å²) < 4.78 is 25.8. The molecule has 2 aromatic rings. The Morgan fingerprint density at radius 1 is 1.00 bits per heavy atom. The van der Waals surface area contributed by atoms with E-state index in [1.54, 1.807) is 18.2 Å². The summed E-state index contributed by atoms with van der Waals surface area (Å²) in [7, 11) is 0. The molecule has 0 radical (unpaired) electrons. The normalized spacial score (nSPS) is 10.7. The summed E-state index contributed by atoms with van der Waals surface area (Å²) in [5.74, 6) is -1.74. The predicted octanol–water partition coefficient (Wildman–Crippen LogP) is 4.26. The summed E-state index contributed by atoms with van der Waals surface area (Å²) in [4.78, 5) is 1.38. The van der Waals surface area contributed by atoms with Gasteiger partial charge in [-0.25, -0.2) is 8.78 Å². The Hall–Kier alpha value is -1.10. The second kappa shape index (κ2) is 5.69. The van der Waals surface area contributed by atoms with Crippen LogP contribution in [0, 0.1) is 11.6 Å². The first-order valence-corrected chi connectivity index (χ1v) is 6.32. The van der Waals surface area contributed by atoms with Gasteiger partial charge in [0.05, 0.1) is 6.61 Å². The molecule has 0 spiro atoms. The molecule has 2 aromatic carbocycles. The third kappa shape index (κ3) is 3.02. The highest BCUT2D eigenvalue weighted by Crippen LogP contribution is 2.31. The molecule has 0 aromatic heterocycles. The van der Waals surface area contributed by atoms with E-state index < -0.39 is 11.6 Å². The molecule has 0 atom stereocenters. The third-order valence-electron chi connectivity index (χ3n) is 2.32. The Morgan fingerprint density at radius 2 is 1.67 bits per heavy atom. The maximum Gasteiger partial charge on any atom is 0.159 e. The molecule has 94 valence electrons. The fraction of sp³-hybridized carbons (Fsp3) is 0.0769. The number of halogens is 3. The van der Waals surface area contributed by atoms with Crippen LogP contribution in [0.4, 0.5) is 8.78 Å². The van der Waals surface area contributed by atoms with E-state index in [0.29, 0.717) is 15.5 Å². The first kappa shape index (κ1) is 13.3. The van der Waals surface area contributed by atoms with E-state index >= 15 is 0 Å². The molecule has 18 heavy (non-hydrogen) atoms. The standard InChI is InChI=1S/C13H9ClF2OS/c14-11-5-9(2-1-8(11)7-17)18-10-3-4-12(15)13(16)6-10/h1-6,17H,7H2. The van der Waals surface area contributed by atoms with Gasteiger partial charge in [-0.15, -0.1) is 0 Å². The van der Waals surface area contributed by atoms with Crippen molar-refractivity contribution in [3.63, 3.8) is 0 Å². The highest BCUT2D eigenvalue weighted by Gasteiger charge is 2.06. The fourth-order valence-corrected chi connectivity index (χ4v) is 2.58. The number of benzene rings is 2.